The predicted molar refractivity (Wildman–Crippen MR) is 59.8 cm³/mol. The van der Waals surface area contributed by atoms with E-state index in [9.17, 15) is 9.90 Å². The Kier molecular flexibility index (Phi) is 4.14. The van der Waals surface area contributed by atoms with Gasteiger partial charge in [0.1, 0.15) is 16.0 Å². The Morgan fingerprint density at radius 3 is 2.06 bits per heavy atom. The Bertz CT molecular complexity index is 379. The number of aliphatic hydroxyl groups is 1. The van der Waals surface area contributed by atoms with Crippen LogP contribution < -0.4 is 9.47 Å². The van der Waals surface area contributed by atoms with Crippen LogP contribution in [0.3, 0.4) is 0 Å². The summed E-state index contributed by atoms with van der Waals surface area (Å²) >= 11 is 3.24. The molecule has 1 aromatic rings. The normalized spacial score (nSPS) is 12.0. The summed E-state index contributed by atoms with van der Waals surface area (Å²) in [6.45, 7) is 0. The summed E-state index contributed by atoms with van der Waals surface area (Å²) in [5.74, 6) is -0.532. The fourth-order valence-corrected chi connectivity index (χ4v) is 1.74. The monoisotopic (exact) mass is 290 g/mol. The van der Waals surface area contributed by atoms with Gasteiger partial charge in [0.15, 0.2) is 6.10 Å². The Hall–Kier alpha value is -1.27. The van der Waals surface area contributed by atoms with Gasteiger partial charge in [-0.1, -0.05) is 0 Å². The van der Waals surface area contributed by atoms with Crippen LogP contribution in [0.25, 0.3) is 0 Å². The van der Waals surface area contributed by atoms with Crippen molar-refractivity contribution < 1.29 is 24.5 Å². The highest BCUT2D eigenvalue weighted by atomic mass is 79.9. The number of benzene rings is 1. The third-order valence-corrected chi connectivity index (χ3v) is 2.80. The van der Waals surface area contributed by atoms with Gasteiger partial charge in [-0.3, -0.25) is 0 Å². The number of carbonyl (C=O) groups is 1. The topological polar surface area (TPSA) is 76.0 Å². The minimum Gasteiger partial charge on any atom is -0.495 e. The average molecular weight is 291 g/mol. The van der Waals surface area contributed by atoms with Gasteiger partial charge in [-0.15, -0.1) is 0 Å². The first-order valence-corrected chi connectivity index (χ1v) is 5.12. The molecule has 0 radical (unpaired) electrons. The summed E-state index contributed by atoms with van der Waals surface area (Å²) in [5, 5.41) is 18.1. The van der Waals surface area contributed by atoms with E-state index in [1.807, 2.05) is 0 Å². The van der Waals surface area contributed by atoms with Crippen LogP contribution in [0.4, 0.5) is 0 Å². The van der Waals surface area contributed by atoms with E-state index in [-0.39, 0.29) is 5.56 Å². The van der Waals surface area contributed by atoms with Crippen LogP contribution in [0.2, 0.25) is 0 Å². The number of methoxy groups -OCH3 is 2. The lowest BCUT2D eigenvalue weighted by Crippen LogP contribution is -2.10. The highest BCUT2D eigenvalue weighted by Gasteiger charge is 2.20. The van der Waals surface area contributed by atoms with Gasteiger partial charge in [0.05, 0.1) is 14.2 Å². The molecule has 0 aliphatic carbocycles. The molecule has 0 fully saturated rings. The molecule has 0 saturated heterocycles. The molecule has 0 spiro atoms. The van der Waals surface area contributed by atoms with Crippen molar-refractivity contribution in [3.8, 4) is 11.5 Å². The number of carboxylic acids is 1. The molecule has 6 heteroatoms. The molecule has 0 aliphatic heterocycles. The molecule has 0 heterocycles. The number of aliphatic carboxylic acids is 1. The van der Waals surface area contributed by atoms with Gasteiger partial charge in [0, 0.05) is 0 Å². The van der Waals surface area contributed by atoms with E-state index in [1.165, 1.54) is 26.4 Å². The first-order valence-electron chi connectivity index (χ1n) is 4.33. The van der Waals surface area contributed by atoms with Gasteiger partial charge in [-0.2, -0.15) is 0 Å². The lowest BCUT2D eigenvalue weighted by atomic mass is 10.1. The molecule has 1 atom stereocenters. The van der Waals surface area contributed by atoms with Crippen molar-refractivity contribution in [1.29, 1.82) is 0 Å². The van der Waals surface area contributed by atoms with E-state index in [0.29, 0.717) is 16.0 Å². The summed E-state index contributed by atoms with van der Waals surface area (Å²) in [6, 6.07) is 2.87. The number of halogens is 1. The second-order valence-corrected chi connectivity index (χ2v) is 3.77. The molecule has 0 unspecified atom stereocenters. The number of rotatable bonds is 4. The summed E-state index contributed by atoms with van der Waals surface area (Å²) in [4.78, 5) is 10.6. The number of hydrogen-bond donors (Lipinski definition) is 2. The van der Waals surface area contributed by atoms with E-state index < -0.39 is 12.1 Å². The van der Waals surface area contributed by atoms with Gasteiger partial charge in [0.25, 0.3) is 0 Å². The van der Waals surface area contributed by atoms with E-state index in [0.717, 1.165) is 0 Å². The zero-order valence-corrected chi connectivity index (χ0v) is 10.3. The van der Waals surface area contributed by atoms with Crippen LogP contribution in [0.1, 0.15) is 11.7 Å². The fourth-order valence-electron chi connectivity index (χ4n) is 1.19. The van der Waals surface area contributed by atoms with Crippen molar-refractivity contribution in [2.45, 2.75) is 6.10 Å². The molecule has 88 valence electrons. The second kappa shape index (κ2) is 5.18. The van der Waals surface area contributed by atoms with Crippen LogP contribution in [-0.4, -0.2) is 30.4 Å². The van der Waals surface area contributed by atoms with Crippen LogP contribution in [0, 0.1) is 0 Å². The summed E-state index contributed by atoms with van der Waals surface area (Å²) in [5.41, 5.74) is 0.199. The quantitative estimate of drug-likeness (QED) is 0.881. The molecule has 1 rings (SSSR count). The van der Waals surface area contributed by atoms with Crippen molar-refractivity contribution in [1.82, 2.24) is 0 Å². The summed E-state index contributed by atoms with van der Waals surface area (Å²) in [7, 11) is 2.88. The highest BCUT2D eigenvalue weighted by molar-refractivity contribution is 9.10. The number of ether oxygens (including phenoxy) is 2. The Balaban J connectivity index is 3.26. The van der Waals surface area contributed by atoms with E-state index >= 15 is 0 Å². The Morgan fingerprint density at radius 2 is 1.75 bits per heavy atom. The number of carboxylic acid groups (broad SMARTS) is 1. The lowest BCUT2D eigenvalue weighted by Gasteiger charge is -2.13. The number of hydrogen-bond acceptors (Lipinski definition) is 4. The molecule has 5 nitrogen and oxygen atoms in total. The minimum atomic E-state index is -1.60. The third-order valence-electron chi connectivity index (χ3n) is 2.02. The van der Waals surface area contributed by atoms with Crippen LogP contribution in [0.15, 0.2) is 16.6 Å². The maximum absolute atomic E-state index is 10.6. The molecule has 1 aromatic carbocycles. The molecule has 0 amide bonds. The van der Waals surface area contributed by atoms with Gasteiger partial charge in [-0.05, 0) is 33.6 Å². The standard InChI is InChI=1S/C10H11BrO5/c1-15-6-3-5(9(12)10(13)14)4-7(16-2)8(6)11/h3-4,9,12H,1-2H3,(H,13,14)/t9-/m0/s1. The smallest absolute Gasteiger partial charge is 0.337 e. The first kappa shape index (κ1) is 12.8. The van der Waals surface area contributed by atoms with Gasteiger partial charge < -0.3 is 19.7 Å². The molecule has 0 aliphatic rings. The van der Waals surface area contributed by atoms with Crippen molar-refractivity contribution in [2.24, 2.45) is 0 Å². The lowest BCUT2D eigenvalue weighted by molar-refractivity contribution is -0.146. The second-order valence-electron chi connectivity index (χ2n) is 2.98. The van der Waals surface area contributed by atoms with Gasteiger partial charge in [-0.25, -0.2) is 4.79 Å². The first-order chi connectivity index (χ1) is 7.51. The summed E-state index contributed by atoms with van der Waals surface area (Å²) < 4.78 is 10.6. The van der Waals surface area contributed by atoms with E-state index in [4.69, 9.17) is 14.6 Å². The van der Waals surface area contributed by atoms with Crippen molar-refractivity contribution in [3.63, 3.8) is 0 Å². The molecule has 0 saturated carbocycles. The van der Waals surface area contributed by atoms with Gasteiger partial charge >= 0.3 is 5.97 Å². The molecule has 0 aromatic heterocycles. The van der Waals surface area contributed by atoms with Crippen molar-refractivity contribution in [3.05, 3.63) is 22.2 Å². The molecule has 2 N–H and O–H groups in total. The Morgan fingerprint density at radius 1 is 1.31 bits per heavy atom. The van der Waals surface area contributed by atoms with E-state index in [2.05, 4.69) is 15.9 Å². The fraction of sp³-hybridized carbons (Fsp3) is 0.300. The van der Waals surface area contributed by atoms with Crippen LogP contribution in [-0.2, 0) is 4.79 Å². The SMILES string of the molecule is COc1cc([C@H](O)C(=O)O)cc(OC)c1Br. The Labute approximate surface area is 101 Å². The van der Waals surface area contributed by atoms with Crippen molar-refractivity contribution in [2.75, 3.05) is 14.2 Å². The number of aliphatic hydroxyl groups excluding tert-OH is 1. The molecular weight excluding hydrogens is 280 g/mol. The van der Waals surface area contributed by atoms with Crippen LogP contribution in [0.5, 0.6) is 11.5 Å². The average Bonchev–Trinajstić information content (AvgIpc) is 2.28. The van der Waals surface area contributed by atoms with E-state index in [1.54, 1.807) is 0 Å². The summed E-state index contributed by atoms with van der Waals surface area (Å²) in [6.07, 6.45) is -1.60. The minimum absolute atomic E-state index is 0.199. The maximum Gasteiger partial charge on any atom is 0.337 e. The maximum atomic E-state index is 10.6. The molecular formula is C10H11BrO5. The van der Waals surface area contributed by atoms with Crippen molar-refractivity contribution >= 4 is 21.9 Å². The van der Waals surface area contributed by atoms with Crippen LogP contribution >= 0.6 is 15.9 Å². The zero-order chi connectivity index (χ0) is 12.3. The van der Waals surface area contributed by atoms with Gasteiger partial charge in [0.2, 0.25) is 0 Å². The zero-order valence-electron chi connectivity index (χ0n) is 8.73. The third kappa shape index (κ3) is 2.45. The predicted octanol–water partition coefficient (Wildman–Crippen LogP) is 1.58. The largest absolute Gasteiger partial charge is 0.495 e. The molecule has 16 heavy (non-hydrogen) atoms. The highest BCUT2D eigenvalue weighted by Crippen LogP contribution is 2.37. The molecule has 0 bridgehead atoms.